The summed E-state index contributed by atoms with van der Waals surface area (Å²) in [5, 5.41) is 0. The van der Waals surface area contributed by atoms with E-state index >= 15 is 0 Å². The maximum Gasteiger partial charge on any atom is 0.162 e. The monoisotopic (exact) mass is 327 g/mol. The summed E-state index contributed by atoms with van der Waals surface area (Å²) in [7, 11) is 1.66. The summed E-state index contributed by atoms with van der Waals surface area (Å²) in [6.07, 6.45) is 4.55. The molecule has 0 spiro atoms. The van der Waals surface area contributed by atoms with Crippen molar-refractivity contribution in [2.45, 2.75) is 51.2 Å². The van der Waals surface area contributed by atoms with Gasteiger partial charge in [0.05, 0.1) is 13.2 Å². The van der Waals surface area contributed by atoms with Gasteiger partial charge in [0.25, 0.3) is 0 Å². The molecule has 0 aromatic heterocycles. The van der Waals surface area contributed by atoms with Crippen LogP contribution in [-0.4, -0.2) is 13.2 Å². The van der Waals surface area contributed by atoms with Crippen molar-refractivity contribution in [1.82, 2.24) is 0 Å². The Kier molecular flexibility index (Phi) is 4.41. The summed E-state index contributed by atoms with van der Waals surface area (Å²) in [4.78, 5) is 0. The van der Waals surface area contributed by atoms with Gasteiger partial charge in [0.15, 0.2) is 11.5 Å². The molecule has 1 aromatic carbocycles. The van der Waals surface area contributed by atoms with Gasteiger partial charge in [-0.1, -0.05) is 28.8 Å². The third-order valence-corrected chi connectivity index (χ3v) is 4.30. The van der Waals surface area contributed by atoms with Gasteiger partial charge in [-0.25, -0.2) is 0 Å². The fourth-order valence-corrected chi connectivity index (χ4v) is 3.41. The van der Waals surface area contributed by atoms with Crippen molar-refractivity contribution >= 4 is 15.9 Å². The number of methoxy groups -OCH3 is 1. The van der Waals surface area contributed by atoms with Gasteiger partial charge in [-0.3, -0.25) is 0 Å². The highest BCUT2D eigenvalue weighted by Gasteiger charge is 2.33. The van der Waals surface area contributed by atoms with Crippen LogP contribution in [0.3, 0.4) is 0 Å². The third kappa shape index (κ3) is 3.06. The van der Waals surface area contributed by atoms with Gasteiger partial charge in [0.1, 0.15) is 0 Å². The summed E-state index contributed by atoms with van der Waals surface area (Å²) in [6, 6.07) is 3.99. The molecule has 19 heavy (non-hydrogen) atoms. The number of rotatable bonds is 4. The Balaban J connectivity index is 2.41. The van der Waals surface area contributed by atoms with Crippen LogP contribution in [0.1, 0.15) is 45.1 Å². The van der Waals surface area contributed by atoms with Crippen molar-refractivity contribution in [2.75, 3.05) is 7.11 Å². The van der Waals surface area contributed by atoms with Crippen molar-refractivity contribution in [2.24, 2.45) is 5.73 Å². The largest absolute Gasteiger partial charge is 0.493 e. The molecule has 0 aliphatic heterocycles. The van der Waals surface area contributed by atoms with E-state index in [0.717, 1.165) is 34.4 Å². The lowest BCUT2D eigenvalue weighted by Gasteiger charge is -2.27. The number of benzene rings is 1. The lowest BCUT2D eigenvalue weighted by atomic mass is 9.89. The van der Waals surface area contributed by atoms with Crippen LogP contribution in [0.5, 0.6) is 11.5 Å². The highest BCUT2D eigenvalue weighted by Crippen LogP contribution is 2.44. The lowest BCUT2D eigenvalue weighted by Crippen LogP contribution is -2.33. The van der Waals surface area contributed by atoms with Crippen LogP contribution in [0.15, 0.2) is 16.6 Å². The predicted octanol–water partition coefficient (Wildman–Crippen LogP) is 3.97. The smallest absolute Gasteiger partial charge is 0.162 e. The maximum absolute atomic E-state index is 6.53. The molecule has 0 atom stereocenters. The summed E-state index contributed by atoms with van der Waals surface area (Å²) in [5.41, 5.74) is 7.42. The van der Waals surface area contributed by atoms with E-state index in [-0.39, 0.29) is 11.6 Å². The number of ether oxygens (including phenoxy) is 2. The Morgan fingerprint density at radius 3 is 2.37 bits per heavy atom. The van der Waals surface area contributed by atoms with Crippen molar-refractivity contribution in [1.29, 1.82) is 0 Å². The molecule has 1 aliphatic rings. The van der Waals surface area contributed by atoms with Gasteiger partial charge < -0.3 is 15.2 Å². The molecule has 1 fully saturated rings. The van der Waals surface area contributed by atoms with E-state index in [4.69, 9.17) is 15.2 Å². The van der Waals surface area contributed by atoms with Crippen LogP contribution >= 0.6 is 15.9 Å². The third-order valence-electron chi connectivity index (χ3n) is 3.65. The molecular formula is C15H22BrNO2. The van der Waals surface area contributed by atoms with Gasteiger partial charge in [-0.15, -0.1) is 0 Å². The molecule has 2 N–H and O–H groups in total. The van der Waals surface area contributed by atoms with Crippen molar-refractivity contribution in [3.63, 3.8) is 0 Å². The second kappa shape index (κ2) is 5.71. The normalized spacial score (nSPS) is 17.8. The SMILES string of the molecule is COc1cc(C2(N)CCCC2)c(Br)cc1OC(C)C. The fourth-order valence-electron chi connectivity index (χ4n) is 2.70. The maximum atomic E-state index is 6.53. The number of nitrogens with two attached hydrogens (primary N) is 1. The van der Waals surface area contributed by atoms with E-state index in [2.05, 4.69) is 15.9 Å². The molecular weight excluding hydrogens is 306 g/mol. The first-order valence-corrected chi connectivity index (χ1v) is 7.59. The van der Waals surface area contributed by atoms with Crippen LogP contribution in [0, 0.1) is 0 Å². The highest BCUT2D eigenvalue weighted by atomic mass is 79.9. The van der Waals surface area contributed by atoms with E-state index in [9.17, 15) is 0 Å². The first-order valence-electron chi connectivity index (χ1n) is 6.80. The van der Waals surface area contributed by atoms with Gasteiger partial charge in [0, 0.05) is 10.0 Å². The van der Waals surface area contributed by atoms with Gasteiger partial charge in [-0.05, 0) is 44.4 Å². The number of hydrogen-bond acceptors (Lipinski definition) is 3. The number of hydrogen-bond donors (Lipinski definition) is 1. The fraction of sp³-hybridized carbons (Fsp3) is 0.600. The standard InChI is InChI=1S/C15H22BrNO2/c1-10(2)19-14-9-12(16)11(8-13(14)18-3)15(17)6-4-5-7-15/h8-10H,4-7,17H2,1-3H3. The molecule has 0 amide bonds. The van der Waals surface area contributed by atoms with E-state index in [1.54, 1.807) is 7.11 Å². The summed E-state index contributed by atoms with van der Waals surface area (Å²) in [5.74, 6) is 1.51. The van der Waals surface area contributed by atoms with Gasteiger partial charge >= 0.3 is 0 Å². The van der Waals surface area contributed by atoms with E-state index in [1.807, 2.05) is 26.0 Å². The van der Waals surface area contributed by atoms with E-state index < -0.39 is 0 Å². The Morgan fingerprint density at radius 1 is 1.21 bits per heavy atom. The molecule has 0 bridgehead atoms. The molecule has 0 saturated heterocycles. The zero-order chi connectivity index (χ0) is 14.0. The van der Waals surface area contributed by atoms with Crippen LogP contribution in [-0.2, 0) is 5.54 Å². The Labute approximate surface area is 123 Å². The molecule has 1 aliphatic carbocycles. The highest BCUT2D eigenvalue weighted by molar-refractivity contribution is 9.10. The molecule has 0 radical (unpaired) electrons. The average Bonchev–Trinajstić information content (AvgIpc) is 2.76. The molecule has 3 nitrogen and oxygen atoms in total. The molecule has 1 saturated carbocycles. The summed E-state index contributed by atoms with van der Waals surface area (Å²) < 4.78 is 12.2. The van der Waals surface area contributed by atoms with E-state index in [0.29, 0.717) is 0 Å². The van der Waals surface area contributed by atoms with Crippen LogP contribution < -0.4 is 15.2 Å². The molecule has 2 rings (SSSR count). The molecule has 1 aromatic rings. The Bertz CT molecular complexity index is 454. The molecule has 0 heterocycles. The lowest BCUT2D eigenvalue weighted by molar-refractivity contribution is 0.229. The first-order chi connectivity index (χ1) is 8.96. The van der Waals surface area contributed by atoms with Gasteiger partial charge in [-0.2, -0.15) is 0 Å². The second-order valence-electron chi connectivity index (χ2n) is 5.51. The number of halogens is 1. The van der Waals surface area contributed by atoms with Crippen molar-refractivity contribution in [3.05, 3.63) is 22.2 Å². The Morgan fingerprint density at radius 2 is 1.84 bits per heavy atom. The van der Waals surface area contributed by atoms with Crippen molar-refractivity contribution < 1.29 is 9.47 Å². The molecule has 0 unspecified atom stereocenters. The summed E-state index contributed by atoms with van der Waals surface area (Å²) >= 11 is 3.63. The van der Waals surface area contributed by atoms with Crippen LogP contribution in [0.25, 0.3) is 0 Å². The quantitative estimate of drug-likeness (QED) is 0.909. The molecule has 106 valence electrons. The second-order valence-corrected chi connectivity index (χ2v) is 6.37. The zero-order valence-electron chi connectivity index (χ0n) is 11.8. The van der Waals surface area contributed by atoms with Gasteiger partial charge in [0.2, 0.25) is 0 Å². The topological polar surface area (TPSA) is 44.5 Å². The summed E-state index contributed by atoms with van der Waals surface area (Å²) in [6.45, 7) is 4.01. The van der Waals surface area contributed by atoms with Crippen molar-refractivity contribution in [3.8, 4) is 11.5 Å². The first kappa shape index (κ1) is 14.7. The minimum absolute atomic E-state index is 0.116. The zero-order valence-corrected chi connectivity index (χ0v) is 13.4. The minimum Gasteiger partial charge on any atom is -0.493 e. The average molecular weight is 328 g/mol. The molecule has 4 heteroatoms. The predicted molar refractivity (Wildman–Crippen MR) is 80.8 cm³/mol. The minimum atomic E-state index is -0.234. The van der Waals surface area contributed by atoms with Crippen LogP contribution in [0.4, 0.5) is 0 Å². The van der Waals surface area contributed by atoms with Crippen LogP contribution in [0.2, 0.25) is 0 Å². The van der Waals surface area contributed by atoms with E-state index in [1.165, 1.54) is 12.8 Å². The Hall–Kier alpha value is -0.740.